The number of hydrazone groups is 1. The van der Waals surface area contributed by atoms with Crippen molar-refractivity contribution in [2.24, 2.45) is 5.10 Å². The molecule has 1 N–H and O–H groups in total. The first kappa shape index (κ1) is 18.8. The monoisotopic (exact) mass is 360 g/mol. The highest BCUT2D eigenvalue weighted by atomic mass is 35.5. The number of methoxy groups -OCH3 is 1. The average Bonchev–Trinajstić information content (AvgIpc) is 2.57. The summed E-state index contributed by atoms with van der Waals surface area (Å²) in [5.41, 5.74) is 6.02. The Balaban J connectivity index is 2.17. The van der Waals surface area contributed by atoms with E-state index >= 15 is 0 Å². The summed E-state index contributed by atoms with van der Waals surface area (Å²) in [6, 6.07) is 9.41. The zero-order valence-electron chi connectivity index (χ0n) is 14.7. The SMILES string of the molecule is COc1ccc(/C=N\NC(C)=O)cc1COc1cc(C)c(Cl)c(C)c1. The summed E-state index contributed by atoms with van der Waals surface area (Å²) >= 11 is 6.19. The third-order valence-corrected chi connectivity index (χ3v) is 4.14. The van der Waals surface area contributed by atoms with Gasteiger partial charge in [0.15, 0.2) is 0 Å². The molecule has 0 fully saturated rings. The molecule has 1 amide bonds. The molecule has 0 unspecified atom stereocenters. The lowest BCUT2D eigenvalue weighted by Crippen LogP contribution is -2.12. The fraction of sp³-hybridized carbons (Fsp3) is 0.263. The minimum absolute atomic E-state index is 0.221. The van der Waals surface area contributed by atoms with Crippen molar-refractivity contribution in [2.45, 2.75) is 27.4 Å². The third-order valence-electron chi connectivity index (χ3n) is 3.54. The molecular weight excluding hydrogens is 340 g/mol. The molecule has 2 aromatic rings. The largest absolute Gasteiger partial charge is 0.496 e. The Labute approximate surface area is 152 Å². The zero-order valence-corrected chi connectivity index (χ0v) is 15.5. The molecule has 0 saturated heterocycles. The van der Waals surface area contributed by atoms with Gasteiger partial charge in [0.1, 0.15) is 18.1 Å². The second kappa shape index (κ2) is 8.53. The van der Waals surface area contributed by atoms with Crippen LogP contribution in [0.1, 0.15) is 29.2 Å². The van der Waals surface area contributed by atoms with E-state index in [1.54, 1.807) is 13.3 Å². The maximum atomic E-state index is 10.9. The summed E-state index contributed by atoms with van der Waals surface area (Å²) in [6.07, 6.45) is 1.57. The summed E-state index contributed by atoms with van der Waals surface area (Å²) in [6.45, 7) is 5.63. The van der Waals surface area contributed by atoms with Crippen molar-refractivity contribution in [2.75, 3.05) is 7.11 Å². The molecule has 0 aliphatic rings. The zero-order chi connectivity index (χ0) is 18.4. The van der Waals surface area contributed by atoms with Crippen molar-refractivity contribution in [3.63, 3.8) is 0 Å². The Morgan fingerprint density at radius 1 is 1.24 bits per heavy atom. The fourth-order valence-corrected chi connectivity index (χ4v) is 2.45. The molecule has 0 aliphatic heterocycles. The van der Waals surface area contributed by atoms with Crippen LogP contribution >= 0.6 is 11.6 Å². The van der Waals surface area contributed by atoms with Gasteiger partial charge < -0.3 is 9.47 Å². The van der Waals surface area contributed by atoms with Gasteiger partial charge in [0.2, 0.25) is 5.91 Å². The van der Waals surface area contributed by atoms with E-state index in [-0.39, 0.29) is 5.91 Å². The normalized spacial score (nSPS) is 10.8. The second-order valence-corrected chi connectivity index (χ2v) is 6.04. The summed E-state index contributed by atoms with van der Waals surface area (Å²) < 4.78 is 11.3. The summed E-state index contributed by atoms with van der Waals surface area (Å²) in [4.78, 5) is 10.9. The number of benzene rings is 2. The maximum Gasteiger partial charge on any atom is 0.236 e. The number of aryl methyl sites for hydroxylation is 2. The lowest BCUT2D eigenvalue weighted by atomic mass is 10.1. The summed E-state index contributed by atoms with van der Waals surface area (Å²) in [5, 5.41) is 4.62. The van der Waals surface area contributed by atoms with Crippen LogP contribution in [0.5, 0.6) is 11.5 Å². The summed E-state index contributed by atoms with van der Waals surface area (Å²) in [5.74, 6) is 1.25. The molecule has 0 aromatic heterocycles. The van der Waals surface area contributed by atoms with Crippen molar-refractivity contribution >= 4 is 23.7 Å². The second-order valence-electron chi connectivity index (χ2n) is 5.66. The summed E-state index contributed by atoms with van der Waals surface area (Å²) in [7, 11) is 1.61. The standard InChI is InChI=1S/C19H21ClN2O3/c1-12-7-17(8-13(2)19(12)20)25-11-16-9-15(5-6-18(16)24-4)10-21-22-14(3)23/h5-10H,11H2,1-4H3,(H,22,23)/b21-10-. The highest BCUT2D eigenvalue weighted by Gasteiger charge is 2.08. The molecule has 132 valence electrons. The molecule has 6 heteroatoms. The highest BCUT2D eigenvalue weighted by Crippen LogP contribution is 2.27. The van der Waals surface area contributed by atoms with Crippen LogP contribution in [0.15, 0.2) is 35.4 Å². The van der Waals surface area contributed by atoms with Crippen LogP contribution in [0, 0.1) is 13.8 Å². The number of rotatable bonds is 6. The van der Waals surface area contributed by atoms with Crippen molar-refractivity contribution in [1.29, 1.82) is 0 Å². The average molecular weight is 361 g/mol. The fourth-order valence-electron chi connectivity index (χ4n) is 2.34. The first-order valence-electron chi connectivity index (χ1n) is 7.77. The predicted molar refractivity (Wildman–Crippen MR) is 99.7 cm³/mol. The lowest BCUT2D eigenvalue weighted by Gasteiger charge is -2.13. The van der Waals surface area contributed by atoms with Crippen molar-refractivity contribution in [1.82, 2.24) is 5.43 Å². The molecule has 2 rings (SSSR count). The van der Waals surface area contributed by atoms with Gasteiger partial charge in [-0.15, -0.1) is 0 Å². The molecule has 0 saturated carbocycles. The molecular formula is C19H21ClN2O3. The first-order chi connectivity index (χ1) is 11.9. The van der Waals surface area contributed by atoms with Crippen LogP contribution in [-0.4, -0.2) is 19.2 Å². The van der Waals surface area contributed by atoms with E-state index in [4.69, 9.17) is 21.1 Å². The number of hydrogen-bond donors (Lipinski definition) is 1. The number of carbonyl (C=O) groups is 1. The molecule has 5 nitrogen and oxygen atoms in total. The number of amides is 1. The molecule has 0 spiro atoms. The van der Waals surface area contributed by atoms with E-state index < -0.39 is 0 Å². The van der Waals surface area contributed by atoms with Crippen LogP contribution in [0.4, 0.5) is 0 Å². The van der Waals surface area contributed by atoms with Crippen LogP contribution < -0.4 is 14.9 Å². The van der Waals surface area contributed by atoms with Gasteiger partial charge in [0.05, 0.1) is 13.3 Å². The Bertz CT molecular complexity index is 780. The van der Waals surface area contributed by atoms with Gasteiger partial charge in [-0.1, -0.05) is 11.6 Å². The maximum absolute atomic E-state index is 10.9. The minimum Gasteiger partial charge on any atom is -0.496 e. The smallest absolute Gasteiger partial charge is 0.236 e. The van der Waals surface area contributed by atoms with Crippen molar-refractivity contribution < 1.29 is 14.3 Å². The molecule has 2 aromatic carbocycles. The Kier molecular flexibility index (Phi) is 6.42. The number of ether oxygens (including phenoxy) is 2. The quantitative estimate of drug-likeness (QED) is 0.625. The first-order valence-corrected chi connectivity index (χ1v) is 8.14. The molecule has 0 heterocycles. The van der Waals surface area contributed by atoms with Gasteiger partial charge in [-0.3, -0.25) is 4.79 Å². The lowest BCUT2D eigenvalue weighted by molar-refractivity contribution is -0.118. The minimum atomic E-state index is -0.221. The van der Waals surface area contributed by atoms with E-state index in [0.29, 0.717) is 6.61 Å². The van der Waals surface area contributed by atoms with Gasteiger partial charge >= 0.3 is 0 Å². The Morgan fingerprint density at radius 3 is 2.52 bits per heavy atom. The number of carbonyl (C=O) groups excluding carboxylic acids is 1. The molecule has 25 heavy (non-hydrogen) atoms. The van der Waals surface area contributed by atoms with Crippen molar-refractivity contribution in [3.05, 3.63) is 57.6 Å². The van der Waals surface area contributed by atoms with Gasteiger partial charge in [0.25, 0.3) is 0 Å². The van der Waals surface area contributed by atoms with E-state index in [0.717, 1.165) is 38.8 Å². The Morgan fingerprint density at radius 2 is 1.92 bits per heavy atom. The molecule has 0 aliphatic carbocycles. The van der Waals surface area contributed by atoms with Gasteiger partial charge in [-0.25, -0.2) is 5.43 Å². The van der Waals surface area contributed by atoms with Crippen LogP contribution in [0.2, 0.25) is 5.02 Å². The number of hydrogen-bond acceptors (Lipinski definition) is 4. The van der Waals surface area contributed by atoms with Crippen LogP contribution in [0.3, 0.4) is 0 Å². The van der Waals surface area contributed by atoms with Crippen LogP contribution in [0.25, 0.3) is 0 Å². The van der Waals surface area contributed by atoms with E-state index in [1.165, 1.54) is 6.92 Å². The number of nitrogens with one attached hydrogen (secondary N) is 1. The Hall–Kier alpha value is -2.53. The van der Waals surface area contributed by atoms with Gasteiger partial charge in [-0.05, 0) is 60.9 Å². The van der Waals surface area contributed by atoms with E-state index in [1.807, 2.05) is 44.2 Å². The number of nitrogens with zero attached hydrogens (tertiary/aromatic N) is 1. The topological polar surface area (TPSA) is 59.9 Å². The van der Waals surface area contributed by atoms with Gasteiger partial charge in [-0.2, -0.15) is 5.10 Å². The van der Waals surface area contributed by atoms with Crippen molar-refractivity contribution in [3.8, 4) is 11.5 Å². The van der Waals surface area contributed by atoms with Crippen LogP contribution in [-0.2, 0) is 11.4 Å². The molecule has 0 radical (unpaired) electrons. The van der Waals surface area contributed by atoms with E-state index in [9.17, 15) is 4.79 Å². The van der Waals surface area contributed by atoms with E-state index in [2.05, 4.69) is 10.5 Å². The molecule has 0 atom stereocenters. The third kappa shape index (κ3) is 5.22. The highest BCUT2D eigenvalue weighted by molar-refractivity contribution is 6.32. The number of halogens is 1. The van der Waals surface area contributed by atoms with Gasteiger partial charge in [0, 0.05) is 17.5 Å². The predicted octanol–water partition coefficient (Wildman–Crippen LogP) is 4.01. The molecule has 0 bridgehead atoms.